The number of benzene rings is 2. The molecule has 0 aliphatic heterocycles. The van der Waals surface area contributed by atoms with Crippen molar-refractivity contribution in [3.8, 4) is 6.07 Å². The van der Waals surface area contributed by atoms with Crippen LogP contribution in [0.3, 0.4) is 0 Å². The Kier molecular flexibility index (Phi) is 4.17. The Morgan fingerprint density at radius 2 is 1.45 bits per heavy atom. The number of nitrogens with zero attached hydrogens (tertiary/aromatic N) is 1. The predicted molar refractivity (Wildman–Crippen MR) is 76.1 cm³/mol. The van der Waals surface area contributed by atoms with Crippen LogP contribution in [0.5, 0.6) is 0 Å². The molecule has 0 radical (unpaired) electrons. The molecule has 0 atom stereocenters. The van der Waals surface area contributed by atoms with Crippen molar-refractivity contribution in [3.05, 3.63) is 71.8 Å². The maximum Gasteiger partial charge on any atom is 0.303 e. The second-order valence-corrected chi connectivity index (χ2v) is 4.64. The van der Waals surface area contributed by atoms with Crippen molar-refractivity contribution in [3.63, 3.8) is 0 Å². The Morgan fingerprint density at radius 3 is 1.80 bits per heavy atom. The van der Waals surface area contributed by atoms with Gasteiger partial charge in [0.25, 0.3) is 0 Å². The second kappa shape index (κ2) is 6.03. The van der Waals surface area contributed by atoms with E-state index in [-0.39, 0.29) is 12.8 Å². The highest BCUT2D eigenvalue weighted by Gasteiger charge is 2.34. The minimum atomic E-state index is -0.916. The van der Waals surface area contributed by atoms with E-state index in [1.165, 1.54) is 0 Å². The van der Waals surface area contributed by atoms with E-state index in [1.54, 1.807) is 0 Å². The number of carboxylic acids is 1. The lowest BCUT2D eigenvalue weighted by Gasteiger charge is -2.27. The van der Waals surface area contributed by atoms with Crippen LogP contribution in [-0.2, 0) is 10.2 Å². The van der Waals surface area contributed by atoms with Crippen LogP contribution in [-0.4, -0.2) is 11.1 Å². The van der Waals surface area contributed by atoms with Gasteiger partial charge in [-0.15, -0.1) is 0 Å². The summed E-state index contributed by atoms with van der Waals surface area (Å²) in [6.45, 7) is 0. The molecule has 3 nitrogen and oxygen atoms in total. The maximum atomic E-state index is 10.9. The predicted octanol–water partition coefficient (Wildman–Crippen LogP) is 3.36. The highest BCUT2D eigenvalue weighted by atomic mass is 16.4. The van der Waals surface area contributed by atoms with Crippen molar-refractivity contribution >= 4 is 5.97 Å². The molecular weight excluding hydrogens is 250 g/mol. The van der Waals surface area contributed by atoms with Gasteiger partial charge < -0.3 is 5.11 Å². The molecule has 0 aliphatic carbocycles. The number of aliphatic carboxylic acids is 1. The molecular formula is C17H15NO2. The highest BCUT2D eigenvalue weighted by molar-refractivity contribution is 5.67. The van der Waals surface area contributed by atoms with Crippen LogP contribution in [0.15, 0.2) is 60.7 Å². The molecule has 0 heterocycles. The third-order valence-corrected chi connectivity index (χ3v) is 3.44. The molecule has 0 saturated heterocycles. The zero-order chi connectivity index (χ0) is 14.4. The maximum absolute atomic E-state index is 10.9. The minimum absolute atomic E-state index is 0.0443. The monoisotopic (exact) mass is 265 g/mol. The van der Waals surface area contributed by atoms with Crippen LogP contribution in [0.1, 0.15) is 24.0 Å². The van der Waals surface area contributed by atoms with Crippen molar-refractivity contribution in [2.75, 3.05) is 0 Å². The fourth-order valence-corrected chi connectivity index (χ4v) is 2.38. The van der Waals surface area contributed by atoms with Gasteiger partial charge in [-0.3, -0.25) is 4.79 Å². The number of carboxylic acid groups (broad SMARTS) is 1. The second-order valence-electron chi connectivity index (χ2n) is 4.64. The molecule has 2 rings (SSSR count). The van der Waals surface area contributed by atoms with Crippen molar-refractivity contribution in [1.29, 1.82) is 5.26 Å². The summed E-state index contributed by atoms with van der Waals surface area (Å²) in [5.41, 5.74) is 0.742. The van der Waals surface area contributed by atoms with Gasteiger partial charge >= 0.3 is 5.97 Å². The quantitative estimate of drug-likeness (QED) is 0.901. The van der Waals surface area contributed by atoms with Gasteiger partial charge in [0.1, 0.15) is 5.41 Å². The summed E-state index contributed by atoms with van der Waals surface area (Å²) < 4.78 is 0. The van der Waals surface area contributed by atoms with Crippen LogP contribution in [0.4, 0.5) is 0 Å². The van der Waals surface area contributed by atoms with E-state index < -0.39 is 11.4 Å². The molecule has 3 heteroatoms. The molecule has 1 N–H and O–H groups in total. The van der Waals surface area contributed by atoms with E-state index >= 15 is 0 Å². The van der Waals surface area contributed by atoms with Gasteiger partial charge in [0, 0.05) is 6.42 Å². The average Bonchev–Trinajstić information content (AvgIpc) is 2.50. The van der Waals surface area contributed by atoms with Gasteiger partial charge in [-0.05, 0) is 17.5 Å². The van der Waals surface area contributed by atoms with Crippen LogP contribution < -0.4 is 0 Å². The zero-order valence-electron chi connectivity index (χ0n) is 11.0. The van der Waals surface area contributed by atoms with E-state index in [0.29, 0.717) is 0 Å². The fourth-order valence-electron chi connectivity index (χ4n) is 2.38. The lowest BCUT2D eigenvalue weighted by Crippen LogP contribution is -2.26. The number of hydrogen-bond donors (Lipinski definition) is 1. The summed E-state index contributed by atoms with van der Waals surface area (Å²) in [7, 11) is 0. The van der Waals surface area contributed by atoms with Gasteiger partial charge in [-0.2, -0.15) is 5.26 Å². The van der Waals surface area contributed by atoms with Gasteiger partial charge in [0.2, 0.25) is 0 Å². The molecule has 100 valence electrons. The van der Waals surface area contributed by atoms with Crippen molar-refractivity contribution in [1.82, 2.24) is 0 Å². The van der Waals surface area contributed by atoms with Crippen molar-refractivity contribution in [2.24, 2.45) is 0 Å². The van der Waals surface area contributed by atoms with Gasteiger partial charge in [0.05, 0.1) is 6.07 Å². The smallest absolute Gasteiger partial charge is 0.303 e. The molecule has 2 aromatic rings. The van der Waals surface area contributed by atoms with E-state index in [0.717, 1.165) is 11.1 Å². The highest BCUT2D eigenvalue weighted by Crippen LogP contribution is 2.36. The standard InChI is InChI=1S/C17H15NO2/c18-13-17(12-11-16(19)20,14-7-3-1-4-8-14)15-9-5-2-6-10-15/h1-10H,11-12H2,(H,19,20). The summed E-state index contributed by atoms with van der Waals surface area (Å²) in [5, 5.41) is 18.7. The Labute approximate surface area is 118 Å². The Bertz CT molecular complexity index is 575. The van der Waals surface area contributed by atoms with Crippen molar-refractivity contribution in [2.45, 2.75) is 18.3 Å². The first-order valence-electron chi connectivity index (χ1n) is 6.43. The Balaban J connectivity index is 2.53. The fraction of sp³-hybridized carbons (Fsp3) is 0.176. The van der Waals surface area contributed by atoms with Crippen LogP contribution in [0, 0.1) is 11.3 Å². The summed E-state index contributed by atoms with van der Waals surface area (Å²) >= 11 is 0. The largest absolute Gasteiger partial charge is 0.481 e. The molecule has 0 spiro atoms. The van der Waals surface area contributed by atoms with Crippen LogP contribution in [0.25, 0.3) is 0 Å². The zero-order valence-corrected chi connectivity index (χ0v) is 11.0. The summed E-state index contributed by atoms with van der Waals surface area (Å²) in [6, 6.07) is 21.1. The van der Waals surface area contributed by atoms with Crippen LogP contribution in [0.2, 0.25) is 0 Å². The molecule has 0 unspecified atom stereocenters. The van der Waals surface area contributed by atoms with E-state index in [4.69, 9.17) is 5.11 Å². The third-order valence-electron chi connectivity index (χ3n) is 3.44. The SMILES string of the molecule is N#CC(CCC(=O)O)(c1ccccc1)c1ccccc1. The van der Waals surface area contributed by atoms with Gasteiger partial charge in [-0.25, -0.2) is 0 Å². The van der Waals surface area contributed by atoms with E-state index in [2.05, 4.69) is 6.07 Å². The third kappa shape index (κ3) is 2.70. The first kappa shape index (κ1) is 13.8. The van der Waals surface area contributed by atoms with E-state index in [9.17, 15) is 10.1 Å². The first-order chi connectivity index (χ1) is 9.69. The van der Waals surface area contributed by atoms with Crippen molar-refractivity contribution < 1.29 is 9.90 Å². The number of nitriles is 1. The van der Waals surface area contributed by atoms with Crippen LogP contribution >= 0.6 is 0 Å². The van der Waals surface area contributed by atoms with Gasteiger partial charge in [0.15, 0.2) is 0 Å². The first-order valence-corrected chi connectivity index (χ1v) is 6.43. The minimum Gasteiger partial charge on any atom is -0.481 e. The number of carbonyl (C=O) groups is 1. The molecule has 0 saturated carbocycles. The Morgan fingerprint density at radius 1 is 1.00 bits per heavy atom. The molecule has 0 aromatic heterocycles. The molecule has 0 fully saturated rings. The molecule has 2 aromatic carbocycles. The average molecular weight is 265 g/mol. The lowest BCUT2D eigenvalue weighted by atomic mass is 9.72. The number of rotatable bonds is 5. The molecule has 0 amide bonds. The summed E-state index contributed by atoms with van der Waals surface area (Å²) in [5.74, 6) is -0.892. The molecule has 20 heavy (non-hydrogen) atoms. The Hall–Kier alpha value is -2.60. The lowest BCUT2D eigenvalue weighted by molar-refractivity contribution is -0.137. The molecule has 0 bridgehead atoms. The topological polar surface area (TPSA) is 61.1 Å². The van der Waals surface area contributed by atoms with E-state index in [1.807, 2.05) is 60.7 Å². The summed E-state index contributed by atoms with van der Waals surface area (Å²) in [4.78, 5) is 10.9. The summed E-state index contributed by atoms with van der Waals surface area (Å²) in [6.07, 6.45) is 0.213. The normalized spacial score (nSPS) is 10.8. The van der Waals surface area contributed by atoms with Gasteiger partial charge in [-0.1, -0.05) is 60.7 Å². The molecule has 0 aliphatic rings. The number of hydrogen-bond acceptors (Lipinski definition) is 2.